The molecule has 3 rings (SSSR count). The lowest BCUT2D eigenvalue weighted by molar-refractivity contribution is 0.101. The number of rotatable bonds is 4. The van der Waals surface area contributed by atoms with Gasteiger partial charge in [-0.2, -0.15) is 0 Å². The minimum absolute atomic E-state index is 0.0767. The number of ketones is 1. The van der Waals surface area contributed by atoms with E-state index >= 15 is 0 Å². The van der Waals surface area contributed by atoms with Crippen molar-refractivity contribution in [1.29, 1.82) is 0 Å². The number of oxazole rings is 1. The monoisotopic (exact) mass is 291 g/mol. The smallest absolute Gasteiger partial charge is 0.226 e. The highest BCUT2D eigenvalue weighted by Crippen LogP contribution is 2.21. The predicted octanol–water partition coefficient (Wildman–Crippen LogP) is 4.44. The van der Waals surface area contributed by atoms with E-state index in [2.05, 4.69) is 11.9 Å². The predicted molar refractivity (Wildman–Crippen MR) is 85.9 cm³/mol. The van der Waals surface area contributed by atoms with Gasteiger partial charge in [-0.25, -0.2) is 4.98 Å². The highest BCUT2D eigenvalue weighted by molar-refractivity contribution is 5.94. The Balaban J connectivity index is 1.76. The minimum Gasteiger partial charge on any atom is -0.441 e. The summed E-state index contributed by atoms with van der Waals surface area (Å²) in [4.78, 5) is 15.6. The maximum Gasteiger partial charge on any atom is 0.226 e. The zero-order valence-electron chi connectivity index (χ0n) is 12.7. The molecule has 0 amide bonds. The van der Waals surface area contributed by atoms with Crippen LogP contribution in [0.2, 0.25) is 0 Å². The van der Waals surface area contributed by atoms with Crippen molar-refractivity contribution in [2.75, 3.05) is 0 Å². The molecule has 0 aliphatic heterocycles. The van der Waals surface area contributed by atoms with Gasteiger partial charge in [0.05, 0.1) is 6.20 Å². The van der Waals surface area contributed by atoms with E-state index in [1.807, 2.05) is 48.5 Å². The Morgan fingerprint density at radius 2 is 1.73 bits per heavy atom. The average Bonchev–Trinajstić information content (AvgIpc) is 2.97. The van der Waals surface area contributed by atoms with Gasteiger partial charge in [-0.1, -0.05) is 42.0 Å². The molecule has 0 atom stereocenters. The highest BCUT2D eigenvalue weighted by atomic mass is 16.4. The summed E-state index contributed by atoms with van der Waals surface area (Å²) < 4.78 is 5.81. The maximum atomic E-state index is 11.3. The first kappa shape index (κ1) is 14.3. The van der Waals surface area contributed by atoms with Crippen LogP contribution in [0, 0.1) is 6.92 Å². The number of nitrogens with zero attached hydrogens (tertiary/aromatic N) is 1. The highest BCUT2D eigenvalue weighted by Gasteiger charge is 2.07. The van der Waals surface area contributed by atoms with Gasteiger partial charge < -0.3 is 4.42 Å². The molecule has 110 valence electrons. The molecule has 0 saturated carbocycles. The van der Waals surface area contributed by atoms with Crippen LogP contribution in [0.25, 0.3) is 11.5 Å². The standard InChI is InChI=1S/C19H17NO2/c1-13-3-7-17(8-4-13)19-20-12-18(22-19)11-15-5-9-16(10-6-15)14(2)21/h3-10,12H,11H2,1-2H3. The first-order valence-corrected chi connectivity index (χ1v) is 7.23. The van der Waals surface area contributed by atoms with E-state index in [-0.39, 0.29) is 5.78 Å². The van der Waals surface area contributed by atoms with Crippen LogP contribution < -0.4 is 0 Å². The molecule has 22 heavy (non-hydrogen) atoms. The van der Waals surface area contributed by atoms with Crippen molar-refractivity contribution in [2.45, 2.75) is 20.3 Å². The van der Waals surface area contributed by atoms with E-state index in [0.29, 0.717) is 12.3 Å². The van der Waals surface area contributed by atoms with Crippen LogP contribution in [-0.4, -0.2) is 10.8 Å². The van der Waals surface area contributed by atoms with Crippen LogP contribution in [0.3, 0.4) is 0 Å². The molecule has 0 fully saturated rings. The molecule has 0 unspecified atom stereocenters. The van der Waals surface area contributed by atoms with Crippen LogP contribution in [-0.2, 0) is 6.42 Å². The number of Topliss-reactive ketones (excluding diaryl/α,β-unsaturated/α-hetero) is 1. The molecule has 1 heterocycles. The van der Waals surface area contributed by atoms with E-state index in [1.165, 1.54) is 5.56 Å². The van der Waals surface area contributed by atoms with Crippen molar-refractivity contribution in [3.63, 3.8) is 0 Å². The maximum absolute atomic E-state index is 11.3. The molecule has 3 aromatic rings. The molecule has 3 heteroatoms. The van der Waals surface area contributed by atoms with Crippen molar-refractivity contribution < 1.29 is 9.21 Å². The van der Waals surface area contributed by atoms with Gasteiger partial charge in [-0.15, -0.1) is 0 Å². The number of carbonyl (C=O) groups excluding carboxylic acids is 1. The minimum atomic E-state index is 0.0767. The van der Waals surface area contributed by atoms with Crippen molar-refractivity contribution in [2.24, 2.45) is 0 Å². The van der Waals surface area contributed by atoms with Crippen molar-refractivity contribution in [3.05, 3.63) is 77.2 Å². The quantitative estimate of drug-likeness (QED) is 0.667. The molecule has 0 aliphatic carbocycles. The summed E-state index contributed by atoms with van der Waals surface area (Å²) in [5, 5.41) is 0. The number of aromatic nitrogens is 1. The van der Waals surface area contributed by atoms with Crippen molar-refractivity contribution >= 4 is 5.78 Å². The lowest BCUT2D eigenvalue weighted by Crippen LogP contribution is -1.92. The molecule has 1 aromatic heterocycles. The van der Waals surface area contributed by atoms with Gasteiger partial charge in [-0.05, 0) is 31.5 Å². The van der Waals surface area contributed by atoms with Gasteiger partial charge in [0.15, 0.2) is 5.78 Å². The Morgan fingerprint density at radius 1 is 1.05 bits per heavy atom. The Morgan fingerprint density at radius 3 is 2.36 bits per heavy atom. The Labute approximate surface area is 129 Å². The van der Waals surface area contributed by atoms with E-state index in [1.54, 1.807) is 13.1 Å². The van der Waals surface area contributed by atoms with Crippen LogP contribution in [0.4, 0.5) is 0 Å². The SMILES string of the molecule is CC(=O)c1ccc(Cc2cnc(-c3ccc(C)cc3)o2)cc1. The third kappa shape index (κ3) is 3.14. The topological polar surface area (TPSA) is 43.1 Å². The number of benzene rings is 2. The fourth-order valence-electron chi connectivity index (χ4n) is 2.28. The molecule has 0 bridgehead atoms. The van der Waals surface area contributed by atoms with Gasteiger partial charge in [0, 0.05) is 17.5 Å². The third-order valence-electron chi connectivity index (χ3n) is 3.59. The molecule has 0 N–H and O–H groups in total. The second-order valence-electron chi connectivity index (χ2n) is 5.43. The largest absolute Gasteiger partial charge is 0.441 e. The fourth-order valence-corrected chi connectivity index (χ4v) is 2.28. The van der Waals surface area contributed by atoms with Gasteiger partial charge in [0.2, 0.25) is 5.89 Å². The summed E-state index contributed by atoms with van der Waals surface area (Å²) in [6.45, 7) is 3.62. The number of carbonyl (C=O) groups is 1. The van der Waals surface area contributed by atoms with Crippen LogP contribution >= 0.6 is 0 Å². The zero-order valence-corrected chi connectivity index (χ0v) is 12.7. The van der Waals surface area contributed by atoms with E-state index in [9.17, 15) is 4.79 Å². The summed E-state index contributed by atoms with van der Waals surface area (Å²) in [5.41, 5.74) is 4.00. The summed E-state index contributed by atoms with van der Waals surface area (Å²) in [7, 11) is 0. The van der Waals surface area contributed by atoms with Crippen LogP contribution in [0.1, 0.15) is 34.2 Å². The first-order chi connectivity index (χ1) is 10.6. The summed E-state index contributed by atoms with van der Waals surface area (Å²) in [6.07, 6.45) is 2.42. The van der Waals surface area contributed by atoms with Crippen LogP contribution in [0.15, 0.2) is 59.1 Å². The number of hydrogen-bond acceptors (Lipinski definition) is 3. The van der Waals surface area contributed by atoms with Crippen LogP contribution in [0.5, 0.6) is 0 Å². The molecule has 0 aliphatic rings. The first-order valence-electron chi connectivity index (χ1n) is 7.23. The average molecular weight is 291 g/mol. The third-order valence-corrected chi connectivity index (χ3v) is 3.59. The second kappa shape index (κ2) is 5.98. The lowest BCUT2D eigenvalue weighted by Gasteiger charge is -2.00. The summed E-state index contributed by atoms with van der Waals surface area (Å²) in [5.74, 6) is 1.52. The molecule has 0 spiro atoms. The second-order valence-corrected chi connectivity index (χ2v) is 5.43. The molecular weight excluding hydrogens is 274 g/mol. The Hall–Kier alpha value is -2.68. The van der Waals surface area contributed by atoms with Gasteiger partial charge >= 0.3 is 0 Å². The summed E-state index contributed by atoms with van der Waals surface area (Å²) in [6, 6.07) is 15.7. The van der Waals surface area contributed by atoms with Gasteiger partial charge in [-0.3, -0.25) is 4.79 Å². The molecule has 3 nitrogen and oxygen atoms in total. The van der Waals surface area contributed by atoms with Gasteiger partial charge in [0.25, 0.3) is 0 Å². The number of hydrogen-bond donors (Lipinski definition) is 0. The Bertz CT molecular complexity index is 783. The molecule has 0 radical (unpaired) electrons. The summed E-state index contributed by atoms with van der Waals surface area (Å²) >= 11 is 0. The van der Waals surface area contributed by atoms with Crippen molar-refractivity contribution in [1.82, 2.24) is 4.98 Å². The molecule has 2 aromatic carbocycles. The van der Waals surface area contributed by atoms with E-state index < -0.39 is 0 Å². The van der Waals surface area contributed by atoms with E-state index in [4.69, 9.17) is 4.42 Å². The normalized spacial score (nSPS) is 10.6. The fraction of sp³-hybridized carbons (Fsp3) is 0.158. The zero-order chi connectivity index (χ0) is 15.5. The van der Waals surface area contributed by atoms with Crippen molar-refractivity contribution in [3.8, 4) is 11.5 Å². The Kier molecular flexibility index (Phi) is 3.88. The van der Waals surface area contributed by atoms with Gasteiger partial charge in [0.1, 0.15) is 5.76 Å². The van der Waals surface area contributed by atoms with E-state index in [0.717, 1.165) is 22.5 Å². The molecule has 0 saturated heterocycles. The molecular formula is C19H17NO2. The number of aryl methyl sites for hydroxylation is 1. The lowest BCUT2D eigenvalue weighted by atomic mass is 10.1.